The Kier molecular flexibility index (Phi) is 4.33. The van der Waals surface area contributed by atoms with E-state index in [-0.39, 0.29) is 16.3 Å². The molecular weight excluding hydrogens is 290 g/mol. The van der Waals surface area contributed by atoms with Crippen LogP contribution in [0.25, 0.3) is 0 Å². The summed E-state index contributed by atoms with van der Waals surface area (Å²) in [6.07, 6.45) is 0.690. The number of pyridine rings is 1. The molecule has 0 aliphatic rings. The van der Waals surface area contributed by atoms with E-state index in [0.717, 1.165) is 11.4 Å². The van der Waals surface area contributed by atoms with E-state index in [0.29, 0.717) is 17.9 Å². The first-order valence-corrected chi connectivity index (χ1v) is 6.83. The lowest BCUT2D eigenvalue weighted by atomic mass is 10.1. The van der Waals surface area contributed by atoms with Gasteiger partial charge in [-0.15, -0.1) is 0 Å². The molecule has 2 aromatic rings. The van der Waals surface area contributed by atoms with E-state index in [2.05, 4.69) is 4.98 Å². The van der Waals surface area contributed by atoms with Gasteiger partial charge >= 0.3 is 0 Å². The quantitative estimate of drug-likeness (QED) is 0.849. The highest BCUT2D eigenvalue weighted by Crippen LogP contribution is 2.36. The van der Waals surface area contributed by atoms with E-state index in [1.165, 1.54) is 12.1 Å². The molecule has 1 aromatic heterocycles. The Morgan fingerprint density at radius 2 is 2.10 bits per heavy atom. The van der Waals surface area contributed by atoms with Gasteiger partial charge in [0.05, 0.1) is 16.3 Å². The third-order valence-electron chi connectivity index (χ3n) is 2.95. The van der Waals surface area contributed by atoms with Gasteiger partial charge in [-0.25, -0.2) is 0 Å². The molecule has 0 atom stereocenters. The van der Waals surface area contributed by atoms with Crippen molar-refractivity contribution in [2.45, 2.75) is 20.3 Å². The molecule has 1 heterocycles. The normalized spacial score (nSPS) is 10.4. The fourth-order valence-corrected chi connectivity index (χ4v) is 2.22. The summed E-state index contributed by atoms with van der Waals surface area (Å²) in [5, 5.41) is 0.228. The summed E-state index contributed by atoms with van der Waals surface area (Å²) in [5.74, 6) is 0.0771. The van der Waals surface area contributed by atoms with Crippen LogP contribution in [0.2, 0.25) is 5.02 Å². The van der Waals surface area contributed by atoms with Gasteiger partial charge in [0.15, 0.2) is 5.75 Å². The average Bonchev–Trinajstić information content (AvgIpc) is 2.42. The molecule has 0 bridgehead atoms. The van der Waals surface area contributed by atoms with Crippen LogP contribution in [0, 0.1) is 6.92 Å². The molecule has 6 heteroatoms. The number of halogens is 1. The Labute approximate surface area is 127 Å². The minimum Gasteiger partial charge on any atom is -0.453 e. The molecule has 0 fully saturated rings. The number of primary amides is 1. The largest absolute Gasteiger partial charge is 0.453 e. The number of benzene rings is 1. The van der Waals surface area contributed by atoms with E-state index >= 15 is 0 Å². The number of aromatic nitrogens is 1. The number of carbonyl (C=O) groups is 1. The molecule has 110 valence electrons. The number of nitrogens with two attached hydrogens (primary N) is 2. The molecule has 0 spiro atoms. The number of rotatable bonds is 4. The van der Waals surface area contributed by atoms with Gasteiger partial charge in [0.2, 0.25) is 0 Å². The number of ether oxygens (including phenoxy) is 1. The fourth-order valence-electron chi connectivity index (χ4n) is 1.96. The minimum atomic E-state index is -0.655. The molecule has 0 saturated carbocycles. The molecule has 2 rings (SSSR count). The molecule has 0 aliphatic carbocycles. The van der Waals surface area contributed by atoms with Crippen LogP contribution < -0.4 is 16.2 Å². The summed E-state index contributed by atoms with van der Waals surface area (Å²) in [6, 6.07) is 6.57. The van der Waals surface area contributed by atoms with Crippen LogP contribution in [-0.2, 0) is 6.42 Å². The lowest BCUT2D eigenvalue weighted by Gasteiger charge is -2.14. The second-order valence-electron chi connectivity index (χ2n) is 4.60. The Morgan fingerprint density at radius 3 is 2.71 bits per heavy atom. The molecule has 1 amide bonds. The van der Waals surface area contributed by atoms with Crippen molar-refractivity contribution in [1.29, 1.82) is 0 Å². The molecule has 21 heavy (non-hydrogen) atoms. The first kappa shape index (κ1) is 15.1. The summed E-state index contributed by atoms with van der Waals surface area (Å²) in [4.78, 5) is 15.9. The molecule has 1 aromatic carbocycles. The zero-order valence-electron chi connectivity index (χ0n) is 11.8. The molecule has 5 nitrogen and oxygen atoms in total. The van der Waals surface area contributed by atoms with Crippen molar-refractivity contribution < 1.29 is 9.53 Å². The van der Waals surface area contributed by atoms with Gasteiger partial charge in [0, 0.05) is 11.4 Å². The van der Waals surface area contributed by atoms with Crippen LogP contribution in [-0.4, -0.2) is 10.9 Å². The van der Waals surface area contributed by atoms with Gasteiger partial charge in [0.1, 0.15) is 5.75 Å². The van der Waals surface area contributed by atoms with Gasteiger partial charge in [0.25, 0.3) is 5.91 Å². The van der Waals surface area contributed by atoms with E-state index in [9.17, 15) is 4.79 Å². The maximum absolute atomic E-state index is 11.5. The molecular formula is C15H16ClN3O2. The number of nitrogen functional groups attached to an aromatic ring is 1. The smallest absolute Gasteiger partial charge is 0.252 e. The van der Waals surface area contributed by atoms with Gasteiger partial charge in [-0.2, -0.15) is 0 Å². The summed E-state index contributed by atoms with van der Waals surface area (Å²) in [5.41, 5.74) is 13.2. The molecule has 0 unspecified atom stereocenters. The van der Waals surface area contributed by atoms with Gasteiger partial charge in [-0.05, 0) is 37.6 Å². The number of hydrogen-bond donors (Lipinski definition) is 2. The van der Waals surface area contributed by atoms with Gasteiger partial charge in [-0.1, -0.05) is 18.5 Å². The average molecular weight is 306 g/mol. The zero-order chi connectivity index (χ0) is 15.6. The topological polar surface area (TPSA) is 91.2 Å². The first-order valence-electron chi connectivity index (χ1n) is 6.45. The van der Waals surface area contributed by atoms with Gasteiger partial charge < -0.3 is 16.2 Å². The summed E-state index contributed by atoms with van der Waals surface area (Å²) in [7, 11) is 0. The number of nitrogens with zero attached hydrogens (tertiary/aromatic N) is 1. The van der Waals surface area contributed by atoms with Crippen molar-refractivity contribution >= 4 is 23.2 Å². The Balaban J connectivity index is 2.51. The first-order chi connectivity index (χ1) is 9.92. The third-order valence-corrected chi connectivity index (χ3v) is 3.23. The SMILES string of the molecule is CCc1nc(C)ccc1Oc1c(Cl)cc(N)cc1C(N)=O. The lowest BCUT2D eigenvalue weighted by molar-refractivity contribution is 0.0998. The second kappa shape index (κ2) is 6.01. The lowest BCUT2D eigenvalue weighted by Crippen LogP contribution is -2.13. The Bertz CT molecular complexity index is 702. The number of amides is 1. The Hall–Kier alpha value is -2.27. The van der Waals surface area contributed by atoms with Crippen molar-refractivity contribution in [3.63, 3.8) is 0 Å². The van der Waals surface area contributed by atoms with Crippen molar-refractivity contribution in [3.8, 4) is 11.5 Å². The summed E-state index contributed by atoms with van der Waals surface area (Å²) in [6.45, 7) is 3.86. The van der Waals surface area contributed by atoms with Crippen molar-refractivity contribution in [1.82, 2.24) is 4.98 Å². The monoisotopic (exact) mass is 305 g/mol. The third kappa shape index (κ3) is 3.25. The molecule has 0 saturated heterocycles. The maximum atomic E-state index is 11.5. The zero-order valence-corrected chi connectivity index (χ0v) is 12.6. The van der Waals surface area contributed by atoms with E-state index in [1.807, 2.05) is 19.9 Å². The minimum absolute atomic E-state index is 0.141. The summed E-state index contributed by atoms with van der Waals surface area (Å²) >= 11 is 6.12. The summed E-state index contributed by atoms with van der Waals surface area (Å²) < 4.78 is 5.78. The van der Waals surface area contributed by atoms with Crippen LogP contribution in [0.5, 0.6) is 11.5 Å². The van der Waals surface area contributed by atoms with Crippen LogP contribution in [0.15, 0.2) is 24.3 Å². The number of carbonyl (C=O) groups excluding carboxylic acids is 1. The van der Waals surface area contributed by atoms with Crippen LogP contribution >= 0.6 is 11.6 Å². The number of anilines is 1. The van der Waals surface area contributed by atoms with Gasteiger partial charge in [-0.3, -0.25) is 9.78 Å². The molecule has 0 aliphatic heterocycles. The second-order valence-corrected chi connectivity index (χ2v) is 5.00. The number of aryl methyl sites for hydroxylation is 2. The number of hydrogen-bond acceptors (Lipinski definition) is 4. The van der Waals surface area contributed by atoms with Crippen molar-refractivity contribution in [2.75, 3.05) is 5.73 Å². The molecule has 0 radical (unpaired) electrons. The maximum Gasteiger partial charge on any atom is 0.252 e. The highest BCUT2D eigenvalue weighted by Gasteiger charge is 2.17. The highest BCUT2D eigenvalue weighted by atomic mass is 35.5. The van der Waals surface area contributed by atoms with E-state index < -0.39 is 5.91 Å². The van der Waals surface area contributed by atoms with Crippen LogP contribution in [0.1, 0.15) is 28.7 Å². The van der Waals surface area contributed by atoms with Crippen molar-refractivity contribution in [2.24, 2.45) is 5.73 Å². The van der Waals surface area contributed by atoms with E-state index in [4.69, 9.17) is 27.8 Å². The predicted octanol–water partition coefficient (Wildman–Crippen LogP) is 3.08. The Morgan fingerprint density at radius 1 is 1.38 bits per heavy atom. The fraction of sp³-hybridized carbons (Fsp3) is 0.200. The predicted molar refractivity (Wildman–Crippen MR) is 82.8 cm³/mol. The highest BCUT2D eigenvalue weighted by molar-refractivity contribution is 6.33. The van der Waals surface area contributed by atoms with Crippen LogP contribution in [0.4, 0.5) is 5.69 Å². The van der Waals surface area contributed by atoms with E-state index in [1.54, 1.807) is 6.07 Å². The van der Waals surface area contributed by atoms with Crippen LogP contribution in [0.3, 0.4) is 0 Å². The van der Waals surface area contributed by atoms with Crippen molar-refractivity contribution in [3.05, 3.63) is 46.2 Å². The standard InChI is InChI=1S/C15H16ClN3O2/c1-3-12-13(5-4-8(2)19-12)21-14-10(15(18)20)6-9(17)7-11(14)16/h4-7H,3,17H2,1-2H3,(H2,18,20). The molecule has 4 N–H and O–H groups in total.